The van der Waals surface area contributed by atoms with Gasteiger partial charge in [0.25, 0.3) is 0 Å². The monoisotopic (exact) mass is 540 g/mol. The summed E-state index contributed by atoms with van der Waals surface area (Å²) in [6, 6.07) is 4.39. The summed E-state index contributed by atoms with van der Waals surface area (Å²) in [5.74, 6) is -0.119. The van der Waals surface area contributed by atoms with Crippen molar-refractivity contribution >= 4 is 12.2 Å². The molecule has 12 heteroatoms. The molecule has 210 valence electrons. The van der Waals surface area contributed by atoms with Crippen LogP contribution in [0, 0.1) is 5.92 Å². The first-order chi connectivity index (χ1) is 17.4. The van der Waals surface area contributed by atoms with Crippen LogP contribution in [0.15, 0.2) is 30.5 Å². The lowest BCUT2D eigenvalue weighted by atomic mass is 9.93. The van der Waals surface area contributed by atoms with E-state index in [9.17, 15) is 22.8 Å². The molecule has 0 saturated carbocycles. The fourth-order valence-corrected chi connectivity index (χ4v) is 3.60. The van der Waals surface area contributed by atoms with Crippen molar-refractivity contribution in [2.75, 3.05) is 13.2 Å². The van der Waals surface area contributed by atoms with Gasteiger partial charge in [-0.15, -0.1) is 0 Å². The summed E-state index contributed by atoms with van der Waals surface area (Å²) in [7, 11) is 0. The van der Waals surface area contributed by atoms with Crippen LogP contribution in [0.1, 0.15) is 60.5 Å². The van der Waals surface area contributed by atoms with Gasteiger partial charge in [-0.2, -0.15) is 18.2 Å². The first-order valence-electron chi connectivity index (χ1n) is 12.1. The van der Waals surface area contributed by atoms with Crippen molar-refractivity contribution in [1.29, 1.82) is 0 Å². The number of aromatic nitrogens is 2. The molecule has 1 aromatic heterocycles. The summed E-state index contributed by atoms with van der Waals surface area (Å²) in [4.78, 5) is 33.4. The smallest absolute Gasteiger partial charge is 0.427 e. The number of carbonyl (C=O) groups is 2. The van der Waals surface area contributed by atoms with E-state index in [1.54, 1.807) is 34.6 Å². The molecular weight excluding hydrogens is 505 g/mol. The van der Waals surface area contributed by atoms with Gasteiger partial charge in [0.05, 0.1) is 11.3 Å². The van der Waals surface area contributed by atoms with Crippen LogP contribution in [0.3, 0.4) is 0 Å². The van der Waals surface area contributed by atoms with E-state index in [0.717, 1.165) is 6.07 Å². The molecule has 1 aromatic carbocycles. The zero-order chi connectivity index (χ0) is 28.9. The predicted octanol–water partition coefficient (Wildman–Crippen LogP) is 6.06. The van der Waals surface area contributed by atoms with Crippen molar-refractivity contribution < 1.29 is 37.0 Å². The molecule has 0 fully saturated rings. The minimum Gasteiger partial charge on any atom is -0.491 e. The largest absolute Gasteiger partial charge is 0.491 e. The SMILES string of the molecule is CCN(C(=O)Oc1nccc(-c2ccc(OC[C@@](C)(N)CC(C)C)c(C(F)(F)F)c2)n1)C(=O)OC(C)(C)C. The summed E-state index contributed by atoms with van der Waals surface area (Å²) in [5, 5.41) is 0. The molecule has 2 rings (SSSR count). The first-order valence-corrected chi connectivity index (χ1v) is 12.1. The van der Waals surface area contributed by atoms with Crippen LogP contribution >= 0.6 is 0 Å². The lowest BCUT2D eigenvalue weighted by Crippen LogP contribution is -2.43. The molecule has 0 spiro atoms. The number of halogens is 3. The Balaban J connectivity index is 2.29. The number of alkyl halides is 3. The summed E-state index contributed by atoms with van der Waals surface area (Å²) < 4.78 is 57.4. The molecule has 0 aliphatic rings. The molecule has 9 nitrogen and oxygen atoms in total. The van der Waals surface area contributed by atoms with Gasteiger partial charge in [-0.25, -0.2) is 19.5 Å². The van der Waals surface area contributed by atoms with Crippen molar-refractivity contribution in [3.63, 3.8) is 0 Å². The molecule has 1 heterocycles. The van der Waals surface area contributed by atoms with Crippen molar-refractivity contribution in [3.05, 3.63) is 36.0 Å². The van der Waals surface area contributed by atoms with Gasteiger partial charge in [0, 0.05) is 23.8 Å². The predicted molar refractivity (Wildman–Crippen MR) is 135 cm³/mol. The highest BCUT2D eigenvalue weighted by atomic mass is 19.4. The molecule has 0 saturated heterocycles. The van der Waals surface area contributed by atoms with Gasteiger partial charge in [0.15, 0.2) is 0 Å². The Kier molecular flexibility index (Phi) is 9.71. The van der Waals surface area contributed by atoms with Crippen molar-refractivity contribution in [3.8, 4) is 23.0 Å². The number of imide groups is 1. The summed E-state index contributed by atoms with van der Waals surface area (Å²) in [6.07, 6.45) is -4.94. The highest BCUT2D eigenvalue weighted by Crippen LogP contribution is 2.39. The number of nitrogens with two attached hydrogens (primary N) is 1. The maximum Gasteiger partial charge on any atom is 0.427 e. The number of amides is 2. The molecule has 2 N–H and O–H groups in total. The standard InChI is InChI=1S/C26H35F3N4O5/c1-8-33(23(35)38-24(4,5)6)22(34)37-21-31-12-11-19(32-21)17-9-10-20(18(13-17)26(27,28)29)36-15-25(7,30)14-16(2)3/h9-13,16H,8,14-15,30H2,1-7H3/t25-/m0/s1. The number of ether oxygens (including phenoxy) is 3. The van der Waals surface area contributed by atoms with Crippen LogP contribution in [0.4, 0.5) is 22.8 Å². The second-order valence-electron chi connectivity index (χ2n) is 10.6. The van der Waals surface area contributed by atoms with Crippen LogP contribution in [-0.4, -0.2) is 51.3 Å². The summed E-state index contributed by atoms with van der Waals surface area (Å²) >= 11 is 0. The maximum atomic E-state index is 13.9. The second kappa shape index (κ2) is 12.0. The molecular formula is C26H35F3N4O5. The summed E-state index contributed by atoms with van der Waals surface area (Å²) in [6.45, 7) is 12.0. The number of benzene rings is 1. The van der Waals surface area contributed by atoms with Gasteiger partial charge in [-0.05, 0) is 71.2 Å². The van der Waals surface area contributed by atoms with Crippen LogP contribution in [-0.2, 0) is 10.9 Å². The second-order valence-corrected chi connectivity index (χ2v) is 10.6. The van der Waals surface area contributed by atoms with E-state index in [2.05, 4.69) is 9.97 Å². The Hall–Kier alpha value is -3.41. The number of hydrogen-bond acceptors (Lipinski definition) is 8. The maximum absolute atomic E-state index is 13.9. The Morgan fingerprint density at radius 2 is 1.74 bits per heavy atom. The quantitative estimate of drug-likeness (QED) is 0.429. The van der Waals surface area contributed by atoms with E-state index in [0.29, 0.717) is 11.3 Å². The molecule has 2 aromatic rings. The third kappa shape index (κ3) is 9.16. The minimum atomic E-state index is -4.72. The van der Waals surface area contributed by atoms with Crippen LogP contribution < -0.4 is 15.2 Å². The van der Waals surface area contributed by atoms with E-state index < -0.39 is 41.1 Å². The summed E-state index contributed by atoms with van der Waals surface area (Å²) in [5.41, 5.74) is 3.67. The number of rotatable bonds is 8. The van der Waals surface area contributed by atoms with E-state index in [1.165, 1.54) is 24.4 Å². The highest BCUT2D eigenvalue weighted by Gasteiger charge is 2.36. The molecule has 0 aliphatic carbocycles. The fraction of sp³-hybridized carbons (Fsp3) is 0.538. The van der Waals surface area contributed by atoms with Gasteiger partial charge in [0.2, 0.25) is 0 Å². The molecule has 0 radical (unpaired) electrons. The Bertz CT molecular complexity index is 1130. The molecule has 2 amide bonds. The van der Waals surface area contributed by atoms with Crippen molar-refractivity contribution in [2.45, 2.75) is 72.2 Å². The zero-order valence-corrected chi connectivity index (χ0v) is 22.7. The fourth-order valence-electron chi connectivity index (χ4n) is 3.60. The Morgan fingerprint density at radius 3 is 2.29 bits per heavy atom. The third-order valence-corrected chi connectivity index (χ3v) is 4.98. The molecule has 38 heavy (non-hydrogen) atoms. The molecule has 0 aliphatic heterocycles. The zero-order valence-electron chi connectivity index (χ0n) is 22.7. The van der Waals surface area contributed by atoms with Gasteiger partial charge >= 0.3 is 24.4 Å². The average Bonchev–Trinajstić information content (AvgIpc) is 2.75. The van der Waals surface area contributed by atoms with Gasteiger partial charge in [0.1, 0.15) is 18.0 Å². The van der Waals surface area contributed by atoms with E-state index >= 15 is 0 Å². The molecule has 0 bridgehead atoms. The van der Waals surface area contributed by atoms with E-state index in [-0.39, 0.29) is 36.1 Å². The van der Waals surface area contributed by atoms with Gasteiger partial charge in [-0.1, -0.05) is 13.8 Å². The van der Waals surface area contributed by atoms with E-state index in [4.69, 9.17) is 19.9 Å². The van der Waals surface area contributed by atoms with Gasteiger partial charge in [-0.3, -0.25) is 0 Å². The number of hydrogen-bond donors (Lipinski definition) is 1. The Morgan fingerprint density at radius 1 is 1.08 bits per heavy atom. The third-order valence-electron chi connectivity index (χ3n) is 4.98. The van der Waals surface area contributed by atoms with Crippen molar-refractivity contribution in [1.82, 2.24) is 14.9 Å². The lowest BCUT2D eigenvalue weighted by Gasteiger charge is -2.27. The highest BCUT2D eigenvalue weighted by molar-refractivity contribution is 5.88. The van der Waals surface area contributed by atoms with Crippen LogP contribution in [0.2, 0.25) is 0 Å². The normalized spacial score (nSPS) is 13.6. The number of nitrogens with zero attached hydrogens (tertiary/aromatic N) is 3. The topological polar surface area (TPSA) is 117 Å². The molecule has 1 atom stereocenters. The average molecular weight is 541 g/mol. The first kappa shape index (κ1) is 30.8. The van der Waals surface area contributed by atoms with Crippen LogP contribution in [0.25, 0.3) is 11.3 Å². The number of carbonyl (C=O) groups excluding carboxylic acids is 2. The van der Waals surface area contributed by atoms with Crippen LogP contribution in [0.5, 0.6) is 11.8 Å². The Labute approximate surface area is 220 Å². The van der Waals surface area contributed by atoms with Crippen molar-refractivity contribution in [2.24, 2.45) is 11.7 Å². The molecule has 0 unspecified atom stereocenters. The van der Waals surface area contributed by atoms with E-state index in [1.807, 2.05) is 13.8 Å². The minimum absolute atomic E-state index is 0.0527. The lowest BCUT2D eigenvalue weighted by molar-refractivity contribution is -0.139. The van der Waals surface area contributed by atoms with Gasteiger partial charge < -0.3 is 19.9 Å².